The van der Waals surface area contributed by atoms with Gasteiger partial charge in [0.05, 0.1) is 22.0 Å². The molecule has 0 bridgehead atoms. The van der Waals surface area contributed by atoms with E-state index in [4.69, 9.17) is 17.3 Å². The molecule has 31 heavy (non-hydrogen) atoms. The fourth-order valence-corrected chi connectivity index (χ4v) is 3.83. The Bertz CT molecular complexity index is 864. The lowest BCUT2D eigenvalue weighted by Crippen LogP contribution is -1.95. The van der Waals surface area contributed by atoms with E-state index in [0.29, 0.717) is 22.0 Å². The van der Waals surface area contributed by atoms with Gasteiger partial charge in [-0.05, 0) is 24.6 Å². The molecule has 1 aromatic carbocycles. The van der Waals surface area contributed by atoms with E-state index >= 15 is 0 Å². The highest BCUT2D eigenvalue weighted by molar-refractivity contribution is 6.33. The zero-order chi connectivity index (χ0) is 22.5. The van der Waals surface area contributed by atoms with Crippen molar-refractivity contribution in [2.45, 2.75) is 90.4 Å². The molecule has 0 spiro atoms. The molecule has 0 amide bonds. The minimum absolute atomic E-state index is 0.0890. The summed E-state index contributed by atoms with van der Waals surface area (Å²) in [5.74, 6) is 5.90. The van der Waals surface area contributed by atoms with Crippen LogP contribution in [0.25, 0.3) is 5.69 Å². The number of nitrogens with zero attached hydrogens (tertiary/aromatic N) is 1. The van der Waals surface area contributed by atoms with Crippen LogP contribution in [0.1, 0.15) is 96.0 Å². The summed E-state index contributed by atoms with van der Waals surface area (Å²) in [7, 11) is 0. The van der Waals surface area contributed by atoms with Gasteiger partial charge in [-0.15, -0.1) is 0 Å². The smallest absolute Gasteiger partial charge is 0.214 e. The van der Waals surface area contributed by atoms with Crippen molar-refractivity contribution in [1.29, 1.82) is 0 Å². The predicted octanol–water partition coefficient (Wildman–Crippen LogP) is 7.57. The first kappa shape index (κ1) is 25.0. The van der Waals surface area contributed by atoms with E-state index in [9.17, 15) is 10.2 Å². The standard InChI is InChI=1S/C26H37ClN2O2/c1-2-3-4-5-6-7-8-9-10-11-12-13-14-15-16-21-19-25(30)29(26(21)31)22-17-18-23(27)24(28)20-22/h17-20,30-31H,2-14,28H2,1H3. The van der Waals surface area contributed by atoms with Crippen LogP contribution in [0.2, 0.25) is 5.02 Å². The molecule has 1 heterocycles. The third-order valence-electron chi connectivity index (χ3n) is 5.57. The van der Waals surface area contributed by atoms with Gasteiger partial charge in [-0.2, -0.15) is 0 Å². The summed E-state index contributed by atoms with van der Waals surface area (Å²) in [6.07, 6.45) is 16.6. The number of halogens is 1. The fourth-order valence-electron chi connectivity index (χ4n) is 3.72. The number of anilines is 1. The maximum absolute atomic E-state index is 10.5. The number of benzene rings is 1. The van der Waals surface area contributed by atoms with E-state index in [1.54, 1.807) is 18.2 Å². The average molecular weight is 445 g/mol. The second-order valence-electron chi connectivity index (χ2n) is 8.22. The zero-order valence-corrected chi connectivity index (χ0v) is 19.6. The van der Waals surface area contributed by atoms with Crippen molar-refractivity contribution in [2.24, 2.45) is 0 Å². The quantitative estimate of drug-likeness (QED) is 0.169. The fraction of sp³-hybridized carbons (Fsp3) is 0.538. The van der Waals surface area contributed by atoms with Crippen LogP contribution in [0, 0.1) is 11.8 Å². The van der Waals surface area contributed by atoms with Crippen LogP contribution in [-0.4, -0.2) is 14.8 Å². The van der Waals surface area contributed by atoms with E-state index in [1.165, 1.54) is 81.3 Å². The number of aromatic nitrogens is 1. The molecule has 4 N–H and O–H groups in total. The molecular formula is C26H37ClN2O2. The summed E-state index contributed by atoms with van der Waals surface area (Å²) in [4.78, 5) is 0. The molecule has 4 nitrogen and oxygen atoms in total. The number of hydrogen-bond donors (Lipinski definition) is 3. The van der Waals surface area contributed by atoms with E-state index in [-0.39, 0.29) is 11.8 Å². The Kier molecular flexibility index (Phi) is 11.2. The summed E-state index contributed by atoms with van der Waals surface area (Å²) in [6, 6.07) is 6.38. The molecule has 0 unspecified atom stereocenters. The topological polar surface area (TPSA) is 71.4 Å². The van der Waals surface area contributed by atoms with Crippen LogP contribution in [0.5, 0.6) is 11.8 Å². The number of nitrogens with two attached hydrogens (primary N) is 1. The van der Waals surface area contributed by atoms with Crippen molar-refractivity contribution in [3.8, 4) is 29.3 Å². The second-order valence-corrected chi connectivity index (χ2v) is 8.63. The van der Waals surface area contributed by atoms with Crippen molar-refractivity contribution in [2.75, 3.05) is 5.73 Å². The molecule has 0 saturated heterocycles. The molecule has 0 atom stereocenters. The Morgan fingerprint density at radius 2 is 1.45 bits per heavy atom. The SMILES string of the molecule is CCCCCCCCCCCCCCC#Cc1cc(O)n(-c2ccc(Cl)c(N)c2)c1O. The minimum Gasteiger partial charge on any atom is -0.494 e. The Morgan fingerprint density at radius 1 is 0.871 bits per heavy atom. The normalized spacial score (nSPS) is 10.8. The monoisotopic (exact) mass is 444 g/mol. The molecule has 2 aromatic rings. The molecule has 1 aromatic heterocycles. The maximum atomic E-state index is 10.5. The molecule has 0 fully saturated rings. The zero-order valence-electron chi connectivity index (χ0n) is 18.8. The Hall–Kier alpha value is -2.25. The van der Waals surface area contributed by atoms with Crippen LogP contribution in [0.4, 0.5) is 5.69 Å². The minimum atomic E-state index is -0.0959. The molecule has 5 heteroatoms. The van der Waals surface area contributed by atoms with Crippen LogP contribution < -0.4 is 5.73 Å². The summed E-state index contributed by atoms with van der Waals surface area (Å²) in [6.45, 7) is 2.26. The summed E-state index contributed by atoms with van der Waals surface area (Å²) < 4.78 is 1.31. The highest BCUT2D eigenvalue weighted by Crippen LogP contribution is 2.33. The molecule has 0 saturated carbocycles. The number of aromatic hydroxyl groups is 2. The molecule has 2 rings (SSSR count). The lowest BCUT2D eigenvalue weighted by Gasteiger charge is -2.08. The van der Waals surface area contributed by atoms with Gasteiger partial charge in [0, 0.05) is 12.5 Å². The predicted molar refractivity (Wildman–Crippen MR) is 131 cm³/mol. The van der Waals surface area contributed by atoms with Gasteiger partial charge in [0.15, 0.2) is 5.88 Å². The van der Waals surface area contributed by atoms with Crippen molar-refractivity contribution in [1.82, 2.24) is 4.57 Å². The van der Waals surface area contributed by atoms with Gasteiger partial charge < -0.3 is 15.9 Å². The average Bonchev–Trinajstić information content (AvgIpc) is 3.03. The van der Waals surface area contributed by atoms with Crippen molar-refractivity contribution in [3.05, 3.63) is 34.9 Å². The lowest BCUT2D eigenvalue weighted by molar-refractivity contribution is 0.402. The molecule has 0 aliphatic heterocycles. The van der Waals surface area contributed by atoms with E-state index in [0.717, 1.165) is 12.8 Å². The van der Waals surface area contributed by atoms with Gasteiger partial charge in [-0.1, -0.05) is 101 Å². The number of unbranched alkanes of at least 4 members (excludes halogenated alkanes) is 12. The van der Waals surface area contributed by atoms with Gasteiger partial charge in [-0.25, -0.2) is 0 Å². The highest BCUT2D eigenvalue weighted by Gasteiger charge is 2.14. The van der Waals surface area contributed by atoms with Gasteiger partial charge >= 0.3 is 0 Å². The van der Waals surface area contributed by atoms with Gasteiger partial charge in [0.2, 0.25) is 5.88 Å². The van der Waals surface area contributed by atoms with Gasteiger partial charge in [0.25, 0.3) is 0 Å². The molecular weight excluding hydrogens is 408 g/mol. The van der Waals surface area contributed by atoms with Crippen LogP contribution in [-0.2, 0) is 0 Å². The Labute approximate surface area is 192 Å². The largest absolute Gasteiger partial charge is 0.494 e. The maximum Gasteiger partial charge on any atom is 0.214 e. The molecule has 0 aliphatic rings. The first-order valence-electron chi connectivity index (χ1n) is 11.7. The summed E-state index contributed by atoms with van der Waals surface area (Å²) in [5, 5.41) is 21.1. The molecule has 170 valence electrons. The van der Waals surface area contributed by atoms with Gasteiger partial charge in [0.1, 0.15) is 0 Å². The lowest BCUT2D eigenvalue weighted by atomic mass is 10.0. The number of rotatable bonds is 13. The number of hydrogen-bond acceptors (Lipinski definition) is 3. The molecule has 0 aliphatic carbocycles. The van der Waals surface area contributed by atoms with Crippen molar-refractivity contribution < 1.29 is 10.2 Å². The van der Waals surface area contributed by atoms with Crippen LogP contribution in [0.15, 0.2) is 24.3 Å². The van der Waals surface area contributed by atoms with Gasteiger partial charge in [-0.3, -0.25) is 4.57 Å². The molecule has 0 radical (unpaired) electrons. The summed E-state index contributed by atoms with van der Waals surface area (Å²) in [5.41, 5.74) is 7.14. The van der Waals surface area contributed by atoms with Crippen LogP contribution in [0.3, 0.4) is 0 Å². The highest BCUT2D eigenvalue weighted by atomic mass is 35.5. The Morgan fingerprint density at radius 3 is 2.03 bits per heavy atom. The van der Waals surface area contributed by atoms with Crippen LogP contribution >= 0.6 is 11.6 Å². The third kappa shape index (κ3) is 8.42. The first-order chi connectivity index (χ1) is 15.0. The van der Waals surface area contributed by atoms with Crippen molar-refractivity contribution >= 4 is 17.3 Å². The Balaban J connectivity index is 1.67. The van der Waals surface area contributed by atoms with Crippen molar-refractivity contribution in [3.63, 3.8) is 0 Å². The third-order valence-corrected chi connectivity index (χ3v) is 5.92. The first-order valence-corrected chi connectivity index (χ1v) is 12.1. The number of nitrogen functional groups attached to an aromatic ring is 1. The summed E-state index contributed by atoms with van der Waals surface area (Å²) >= 11 is 5.94. The van der Waals surface area contributed by atoms with E-state index in [2.05, 4.69) is 18.8 Å². The second kappa shape index (κ2) is 13.9. The van der Waals surface area contributed by atoms with E-state index < -0.39 is 0 Å². The van der Waals surface area contributed by atoms with E-state index in [1.807, 2.05) is 0 Å².